The first-order valence-electron chi connectivity index (χ1n) is 6.37. The zero-order chi connectivity index (χ0) is 16.1. The van der Waals surface area contributed by atoms with E-state index in [1.54, 1.807) is 30.3 Å². The first-order chi connectivity index (χ1) is 10.6. The Morgan fingerprint density at radius 1 is 1.27 bits per heavy atom. The van der Waals surface area contributed by atoms with Gasteiger partial charge in [-0.05, 0) is 11.6 Å². The van der Waals surface area contributed by atoms with Crippen LogP contribution in [-0.4, -0.2) is 18.0 Å². The monoisotopic (exact) mass is 296 g/mol. The molecule has 6 heteroatoms. The van der Waals surface area contributed by atoms with Crippen molar-refractivity contribution in [1.29, 1.82) is 0 Å². The van der Waals surface area contributed by atoms with Crippen LogP contribution in [0.2, 0.25) is 0 Å². The van der Waals surface area contributed by atoms with Gasteiger partial charge in [-0.3, -0.25) is 10.1 Å². The third-order valence-corrected chi connectivity index (χ3v) is 3.20. The number of ether oxygens (including phenoxy) is 1. The number of nitro groups is 1. The highest BCUT2D eigenvalue weighted by Gasteiger charge is 2.18. The maximum atomic E-state index is 11.7. The highest BCUT2D eigenvalue weighted by Crippen LogP contribution is 2.28. The second-order valence-electron chi connectivity index (χ2n) is 4.51. The normalized spacial score (nSPS) is 9.82. The summed E-state index contributed by atoms with van der Waals surface area (Å²) in [6.45, 7) is 6.93. The van der Waals surface area contributed by atoms with Crippen LogP contribution >= 0.6 is 0 Å². The van der Waals surface area contributed by atoms with Crippen LogP contribution in [0, 0.1) is 16.7 Å². The fraction of sp³-hybridized carbons (Fsp3) is 0.125. The van der Waals surface area contributed by atoms with E-state index in [1.165, 1.54) is 19.2 Å². The molecule has 0 saturated heterocycles. The van der Waals surface area contributed by atoms with Crippen molar-refractivity contribution >= 4 is 17.3 Å². The SMILES string of the molecule is [C-]#[N+]c1ccc(Cc2ccccc2C(=O)OC)c([N+](=O)[O-])c1. The lowest BCUT2D eigenvalue weighted by Gasteiger charge is -2.08. The standard InChI is InChI=1S/C16H12N2O4/c1-17-13-8-7-12(15(10-13)18(20)21)9-11-5-3-4-6-14(11)16(19)22-2/h3-8,10H,9H2,2H3. The number of methoxy groups -OCH3 is 1. The van der Waals surface area contributed by atoms with Crippen molar-refractivity contribution in [2.24, 2.45) is 0 Å². The quantitative estimate of drug-likeness (QED) is 0.374. The van der Waals surface area contributed by atoms with Gasteiger partial charge >= 0.3 is 5.97 Å². The number of rotatable bonds is 4. The lowest BCUT2D eigenvalue weighted by molar-refractivity contribution is -0.385. The van der Waals surface area contributed by atoms with Gasteiger partial charge in [-0.2, -0.15) is 0 Å². The van der Waals surface area contributed by atoms with Crippen LogP contribution in [0.15, 0.2) is 42.5 Å². The van der Waals surface area contributed by atoms with Crippen LogP contribution in [0.1, 0.15) is 21.5 Å². The second kappa shape index (κ2) is 6.50. The molecule has 0 radical (unpaired) electrons. The number of esters is 1. The van der Waals surface area contributed by atoms with Crippen LogP contribution in [0.3, 0.4) is 0 Å². The van der Waals surface area contributed by atoms with Gasteiger partial charge in [0, 0.05) is 18.1 Å². The van der Waals surface area contributed by atoms with Crippen molar-refractivity contribution < 1.29 is 14.5 Å². The van der Waals surface area contributed by atoms with Gasteiger partial charge < -0.3 is 4.74 Å². The van der Waals surface area contributed by atoms with E-state index in [4.69, 9.17) is 11.3 Å². The van der Waals surface area contributed by atoms with Crippen LogP contribution in [0.25, 0.3) is 4.85 Å². The molecule has 0 N–H and O–H groups in total. The summed E-state index contributed by atoms with van der Waals surface area (Å²) in [5.74, 6) is -0.490. The maximum Gasteiger partial charge on any atom is 0.338 e. The number of carbonyl (C=O) groups is 1. The van der Waals surface area contributed by atoms with Gasteiger partial charge in [0.1, 0.15) is 0 Å². The van der Waals surface area contributed by atoms with E-state index in [9.17, 15) is 14.9 Å². The Morgan fingerprint density at radius 3 is 2.64 bits per heavy atom. The molecule has 0 aliphatic rings. The minimum absolute atomic E-state index is 0.131. The Bertz CT molecular complexity index is 778. The molecular formula is C16H12N2O4. The number of nitrogens with zero attached hydrogens (tertiary/aromatic N) is 2. The van der Waals surface area contributed by atoms with E-state index in [2.05, 4.69) is 4.85 Å². The summed E-state index contributed by atoms with van der Waals surface area (Å²) < 4.78 is 4.72. The van der Waals surface area contributed by atoms with E-state index < -0.39 is 10.9 Å². The molecule has 0 aliphatic carbocycles. The smallest absolute Gasteiger partial charge is 0.338 e. The minimum Gasteiger partial charge on any atom is -0.465 e. The molecule has 6 nitrogen and oxygen atoms in total. The fourth-order valence-corrected chi connectivity index (χ4v) is 2.13. The van der Waals surface area contributed by atoms with Crippen molar-refractivity contribution in [3.63, 3.8) is 0 Å². The summed E-state index contributed by atoms with van der Waals surface area (Å²) >= 11 is 0. The predicted molar refractivity (Wildman–Crippen MR) is 79.9 cm³/mol. The average Bonchev–Trinajstić information content (AvgIpc) is 2.54. The Kier molecular flexibility index (Phi) is 4.49. The van der Waals surface area contributed by atoms with Gasteiger partial charge in [-0.1, -0.05) is 30.3 Å². The molecule has 0 bridgehead atoms. The van der Waals surface area contributed by atoms with Gasteiger partial charge in [0.25, 0.3) is 5.69 Å². The summed E-state index contributed by atoms with van der Waals surface area (Å²) in [6, 6.07) is 11.1. The molecule has 2 aromatic carbocycles. The average molecular weight is 296 g/mol. The number of hydrogen-bond acceptors (Lipinski definition) is 4. The third-order valence-electron chi connectivity index (χ3n) is 3.20. The molecule has 0 saturated carbocycles. The maximum absolute atomic E-state index is 11.7. The number of benzene rings is 2. The van der Waals surface area contributed by atoms with Gasteiger partial charge in [-0.25, -0.2) is 9.64 Å². The van der Waals surface area contributed by atoms with Crippen molar-refractivity contribution in [1.82, 2.24) is 0 Å². The highest BCUT2D eigenvalue weighted by molar-refractivity contribution is 5.91. The van der Waals surface area contributed by atoms with E-state index in [0.717, 1.165) is 0 Å². The van der Waals surface area contributed by atoms with E-state index in [1.807, 2.05) is 0 Å². The lowest BCUT2D eigenvalue weighted by Crippen LogP contribution is -2.06. The van der Waals surface area contributed by atoms with E-state index >= 15 is 0 Å². The zero-order valence-corrected chi connectivity index (χ0v) is 11.8. The van der Waals surface area contributed by atoms with Crippen molar-refractivity contribution in [3.8, 4) is 0 Å². The molecule has 0 heterocycles. The topological polar surface area (TPSA) is 73.8 Å². The van der Waals surface area contributed by atoms with Gasteiger partial charge in [0.2, 0.25) is 0 Å². The number of carbonyl (C=O) groups excluding carboxylic acids is 1. The molecule has 0 aromatic heterocycles. The number of nitro benzene ring substituents is 1. The molecule has 0 amide bonds. The molecule has 0 unspecified atom stereocenters. The van der Waals surface area contributed by atoms with Crippen LogP contribution in [0.5, 0.6) is 0 Å². The Morgan fingerprint density at radius 2 is 2.00 bits per heavy atom. The Balaban J connectivity index is 2.46. The molecule has 2 rings (SSSR count). The minimum atomic E-state index is -0.523. The van der Waals surface area contributed by atoms with Crippen LogP contribution < -0.4 is 0 Å². The highest BCUT2D eigenvalue weighted by atomic mass is 16.6. The first kappa shape index (κ1) is 15.2. The second-order valence-corrected chi connectivity index (χ2v) is 4.51. The van der Waals surface area contributed by atoms with Gasteiger partial charge in [0.15, 0.2) is 5.69 Å². The summed E-state index contributed by atoms with van der Waals surface area (Å²) in [6.07, 6.45) is 0.208. The van der Waals surface area contributed by atoms with Crippen LogP contribution in [0.4, 0.5) is 11.4 Å². The predicted octanol–water partition coefficient (Wildman–Crippen LogP) is 3.52. The molecule has 0 spiro atoms. The largest absolute Gasteiger partial charge is 0.465 e. The summed E-state index contributed by atoms with van der Waals surface area (Å²) in [7, 11) is 1.28. The molecular weight excluding hydrogens is 284 g/mol. The summed E-state index contributed by atoms with van der Waals surface area (Å²) in [5, 5.41) is 11.2. The molecule has 110 valence electrons. The molecule has 2 aromatic rings. The number of hydrogen-bond donors (Lipinski definition) is 0. The van der Waals surface area contributed by atoms with Crippen molar-refractivity contribution in [2.45, 2.75) is 6.42 Å². The molecule has 0 fully saturated rings. The molecule has 0 aliphatic heterocycles. The summed E-state index contributed by atoms with van der Waals surface area (Å²) in [5.41, 5.74) is 1.51. The van der Waals surface area contributed by atoms with Gasteiger partial charge in [-0.15, -0.1) is 0 Å². The fourth-order valence-electron chi connectivity index (χ4n) is 2.13. The Labute approximate surface area is 126 Å². The van der Waals surface area contributed by atoms with Gasteiger partial charge in [0.05, 0.1) is 24.2 Å². The Hall–Kier alpha value is -3.20. The van der Waals surface area contributed by atoms with Crippen molar-refractivity contribution in [3.05, 3.63) is 80.7 Å². The third kappa shape index (κ3) is 3.10. The van der Waals surface area contributed by atoms with E-state index in [0.29, 0.717) is 16.7 Å². The summed E-state index contributed by atoms with van der Waals surface area (Å²) in [4.78, 5) is 25.6. The zero-order valence-electron chi connectivity index (χ0n) is 11.8. The van der Waals surface area contributed by atoms with Crippen LogP contribution in [-0.2, 0) is 11.2 Å². The lowest BCUT2D eigenvalue weighted by atomic mass is 9.98. The van der Waals surface area contributed by atoms with E-state index in [-0.39, 0.29) is 17.8 Å². The van der Waals surface area contributed by atoms with Crippen molar-refractivity contribution in [2.75, 3.05) is 7.11 Å². The first-order valence-corrected chi connectivity index (χ1v) is 6.37. The molecule has 0 atom stereocenters. The molecule has 22 heavy (non-hydrogen) atoms.